The minimum Gasteiger partial charge on any atom is -0.328 e. The van der Waals surface area contributed by atoms with E-state index in [0.29, 0.717) is 5.69 Å². The Morgan fingerprint density at radius 2 is 1.57 bits per heavy atom. The second kappa shape index (κ2) is 8.71. The van der Waals surface area contributed by atoms with Gasteiger partial charge in [0.25, 0.3) is 10.0 Å². The van der Waals surface area contributed by atoms with E-state index in [0.717, 1.165) is 42.7 Å². The largest absolute Gasteiger partial charge is 0.328 e. The van der Waals surface area contributed by atoms with Crippen LogP contribution in [0.2, 0.25) is 0 Å². The molecule has 154 valence electrons. The Bertz CT molecular complexity index is 1230. The lowest BCUT2D eigenvalue weighted by atomic mass is 10.1. The van der Waals surface area contributed by atoms with Gasteiger partial charge in [0.15, 0.2) is 0 Å². The molecular formula is C24H25N3O2S. The highest BCUT2D eigenvalue weighted by atomic mass is 32.2. The first-order valence-electron chi connectivity index (χ1n) is 10.2. The van der Waals surface area contributed by atoms with Crippen LogP contribution in [0.3, 0.4) is 0 Å². The molecule has 4 rings (SSSR count). The Morgan fingerprint density at radius 1 is 0.867 bits per heavy atom. The molecule has 0 saturated heterocycles. The predicted octanol–water partition coefficient (Wildman–Crippen LogP) is 5.03. The number of nitrogens with zero attached hydrogens (tertiary/aromatic N) is 2. The Hall–Kier alpha value is -3.12. The van der Waals surface area contributed by atoms with Gasteiger partial charge in [0.1, 0.15) is 5.82 Å². The first-order chi connectivity index (χ1) is 14.6. The summed E-state index contributed by atoms with van der Waals surface area (Å²) in [7, 11) is -3.57. The zero-order valence-electron chi connectivity index (χ0n) is 17.0. The lowest BCUT2D eigenvalue weighted by Crippen LogP contribution is -2.12. The van der Waals surface area contributed by atoms with Gasteiger partial charge in [0, 0.05) is 18.7 Å². The van der Waals surface area contributed by atoms with E-state index in [9.17, 15) is 8.42 Å². The second-order valence-corrected chi connectivity index (χ2v) is 8.97. The van der Waals surface area contributed by atoms with Crippen LogP contribution < -0.4 is 4.72 Å². The maximum Gasteiger partial charge on any atom is 0.261 e. The third kappa shape index (κ3) is 4.39. The van der Waals surface area contributed by atoms with E-state index in [-0.39, 0.29) is 4.90 Å². The molecule has 0 aliphatic carbocycles. The number of hydrogen-bond donors (Lipinski definition) is 1. The molecule has 4 aromatic rings. The predicted molar refractivity (Wildman–Crippen MR) is 121 cm³/mol. The maximum absolute atomic E-state index is 12.5. The smallest absolute Gasteiger partial charge is 0.261 e. The number of nitrogens with one attached hydrogen (secondary N) is 1. The van der Waals surface area contributed by atoms with Crippen molar-refractivity contribution >= 4 is 26.7 Å². The van der Waals surface area contributed by atoms with E-state index < -0.39 is 10.0 Å². The van der Waals surface area contributed by atoms with E-state index >= 15 is 0 Å². The zero-order valence-corrected chi connectivity index (χ0v) is 17.8. The Kier molecular flexibility index (Phi) is 5.86. The van der Waals surface area contributed by atoms with Crippen LogP contribution in [0.1, 0.15) is 24.7 Å². The average Bonchev–Trinajstić information content (AvgIpc) is 3.11. The average molecular weight is 420 g/mol. The van der Waals surface area contributed by atoms with Crippen molar-refractivity contribution in [3.8, 4) is 0 Å². The van der Waals surface area contributed by atoms with Gasteiger partial charge in [-0.2, -0.15) is 0 Å². The molecule has 30 heavy (non-hydrogen) atoms. The minimum absolute atomic E-state index is 0.254. The quantitative estimate of drug-likeness (QED) is 0.435. The fourth-order valence-corrected chi connectivity index (χ4v) is 4.68. The van der Waals surface area contributed by atoms with Crippen molar-refractivity contribution in [1.82, 2.24) is 9.55 Å². The van der Waals surface area contributed by atoms with Crippen LogP contribution in [0.25, 0.3) is 11.0 Å². The number of fused-ring (bicyclic) bond motifs is 1. The van der Waals surface area contributed by atoms with Crippen molar-refractivity contribution in [3.63, 3.8) is 0 Å². The normalized spacial score (nSPS) is 11.6. The van der Waals surface area contributed by atoms with E-state index in [1.165, 1.54) is 5.52 Å². The lowest BCUT2D eigenvalue weighted by Gasteiger charge is -2.10. The van der Waals surface area contributed by atoms with Crippen LogP contribution in [-0.4, -0.2) is 18.0 Å². The molecule has 0 saturated carbocycles. The number of imidazole rings is 1. The SMILES string of the molecule is CCCn1c(CCc2ccc(NS(=O)(=O)c3ccccc3)cc2)nc2ccccc21. The number of sulfonamides is 1. The summed E-state index contributed by atoms with van der Waals surface area (Å²) in [6.07, 6.45) is 2.74. The summed E-state index contributed by atoms with van der Waals surface area (Å²) in [5, 5.41) is 0. The molecule has 0 amide bonds. The fraction of sp³-hybridized carbons (Fsp3) is 0.208. The molecule has 1 heterocycles. The standard InChI is InChI=1S/C24H25N3O2S/c1-2-18-27-23-11-7-6-10-22(23)25-24(27)17-14-19-12-15-20(16-13-19)26-30(28,29)21-8-4-3-5-9-21/h3-13,15-16,26H,2,14,17-18H2,1H3. The van der Waals surface area contributed by atoms with Crippen molar-refractivity contribution in [2.24, 2.45) is 0 Å². The lowest BCUT2D eigenvalue weighted by molar-refractivity contribution is 0.601. The highest BCUT2D eigenvalue weighted by Gasteiger charge is 2.13. The molecule has 0 unspecified atom stereocenters. The van der Waals surface area contributed by atoms with Crippen molar-refractivity contribution in [3.05, 3.63) is 90.3 Å². The van der Waals surface area contributed by atoms with Gasteiger partial charge in [-0.05, 0) is 54.8 Å². The summed E-state index contributed by atoms with van der Waals surface area (Å²) in [5.41, 5.74) is 3.92. The molecule has 0 bridgehead atoms. The topological polar surface area (TPSA) is 64.0 Å². The third-order valence-electron chi connectivity index (χ3n) is 5.08. The molecule has 1 N–H and O–H groups in total. The first-order valence-corrected chi connectivity index (χ1v) is 11.7. The summed E-state index contributed by atoms with van der Waals surface area (Å²) in [6.45, 7) is 3.13. The van der Waals surface area contributed by atoms with Crippen LogP contribution in [0, 0.1) is 0 Å². The molecule has 0 radical (unpaired) electrons. The maximum atomic E-state index is 12.5. The van der Waals surface area contributed by atoms with Gasteiger partial charge < -0.3 is 4.57 Å². The molecule has 5 nitrogen and oxygen atoms in total. The number of benzene rings is 3. The van der Waals surface area contributed by atoms with E-state index in [4.69, 9.17) is 4.98 Å². The molecule has 0 fully saturated rings. The summed E-state index contributed by atoms with van der Waals surface area (Å²) in [6, 6.07) is 24.2. The summed E-state index contributed by atoms with van der Waals surface area (Å²) < 4.78 is 29.9. The van der Waals surface area contributed by atoms with Gasteiger partial charge in [-0.15, -0.1) is 0 Å². The van der Waals surface area contributed by atoms with Gasteiger partial charge >= 0.3 is 0 Å². The fourth-order valence-electron chi connectivity index (χ4n) is 3.60. The van der Waals surface area contributed by atoms with Gasteiger partial charge in [-0.3, -0.25) is 4.72 Å². The number of aromatic nitrogens is 2. The molecular weight excluding hydrogens is 394 g/mol. The van der Waals surface area contributed by atoms with Crippen molar-refractivity contribution in [2.45, 2.75) is 37.6 Å². The summed E-state index contributed by atoms with van der Waals surface area (Å²) in [4.78, 5) is 5.07. The Labute approximate surface area is 177 Å². The zero-order chi connectivity index (χ0) is 21.0. The number of rotatable bonds is 8. The molecule has 0 aliphatic rings. The number of anilines is 1. The van der Waals surface area contributed by atoms with Crippen LogP contribution in [0.4, 0.5) is 5.69 Å². The molecule has 0 atom stereocenters. The van der Waals surface area contributed by atoms with Crippen LogP contribution >= 0.6 is 0 Å². The number of aryl methyl sites for hydroxylation is 3. The van der Waals surface area contributed by atoms with Crippen LogP contribution in [0.15, 0.2) is 83.8 Å². The molecule has 0 aliphatic heterocycles. The van der Waals surface area contributed by atoms with Crippen LogP contribution in [0.5, 0.6) is 0 Å². The molecule has 6 heteroatoms. The van der Waals surface area contributed by atoms with E-state index in [2.05, 4.69) is 34.4 Å². The first kappa shape index (κ1) is 20.2. The number of hydrogen-bond acceptors (Lipinski definition) is 3. The minimum atomic E-state index is -3.57. The summed E-state index contributed by atoms with van der Waals surface area (Å²) in [5.74, 6) is 1.09. The number of para-hydroxylation sites is 2. The third-order valence-corrected chi connectivity index (χ3v) is 6.47. The van der Waals surface area contributed by atoms with Crippen molar-refractivity contribution in [1.29, 1.82) is 0 Å². The Morgan fingerprint density at radius 3 is 2.30 bits per heavy atom. The molecule has 1 aromatic heterocycles. The summed E-state index contributed by atoms with van der Waals surface area (Å²) >= 11 is 0. The van der Waals surface area contributed by atoms with Gasteiger partial charge in [0.2, 0.25) is 0 Å². The van der Waals surface area contributed by atoms with E-state index in [1.54, 1.807) is 30.3 Å². The van der Waals surface area contributed by atoms with Crippen molar-refractivity contribution in [2.75, 3.05) is 4.72 Å². The van der Waals surface area contributed by atoms with Crippen LogP contribution in [-0.2, 0) is 29.4 Å². The van der Waals surface area contributed by atoms with Gasteiger partial charge in [-0.25, -0.2) is 13.4 Å². The molecule has 3 aromatic carbocycles. The van der Waals surface area contributed by atoms with Gasteiger partial charge in [0.05, 0.1) is 15.9 Å². The second-order valence-electron chi connectivity index (χ2n) is 7.28. The van der Waals surface area contributed by atoms with E-state index in [1.807, 2.05) is 30.3 Å². The highest BCUT2D eigenvalue weighted by molar-refractivity contribution is 7.92. The van der Waals surface area contributed by atoms with Gasteiger partial charge in [-0.1, -0.05) is 49.4 Å². The van der Waals surface area contributed by atoms with Crippen molar-refractivity contribution < 1.29 is 8.42 Å². The monoisotopic (exact) mass is 419 g/mol. The molecule has 0 spiro atoms. The Balaban J connectivity index is 1.46. The highest BCUT2D eigenvalue weighted by Crippen LogP contribution is 2.20.